The lowest BCUT2D eigenvalue weighted by molar-refractivity contribution is -0.122. The standard InChI is InChI=1S/C12H21N3OS/c1-3-6-14-11(16)9-15-7-4-12(10-13,17-2)5-8-15/h3-9H2,1-2H3,(H,14,16). The van der Waals surface area contributed by atoms with Gasteiger partial charge in [-0.2, -0.15) is 5.26 Å². The smallest absolute Gasteiger partial charge is 0.234 e. The molecule has 1 N–H and O–H groups in total. The van der Waals surface area contributed by atoms with Gasteiger partial charge in [0, 0.05) is 19.6 Å². The molecule has 0 atom stereocenters. The summed E-state index contributed by atoms with van der Waals surface area (Å²) in [5.41, 5.74) is 0. The third-order valence-electron chi connectivity index (χ3n) is 3.20. The molecule has 1 aliphatic heterocycles. The summed E-state index contributed by atoms with van der Waals surface area (Å²) < 4.78 is -0.226. The van der Waals surface area contributed by atoms with Crippen molar-refractivity contribution in [3.8, 4) is 6.07 Å². The van der Waals surface area contributed by atoms with Gasteiger partial charge in [-0.25, -0.2) is 0 Å². The molecule has 0 aliphatic carbocycles. The first-order chi connectivity index (χ1) is 8.15. The fourth-order valence-corrected chi connectivity index (χ4v) is 2.64. The molecule has 17 heavy (non-hydrogen) atoms. The first kappa shape index (κ1) is 14.3. The molecule has 0 bridgehead atoms. The van der Waals surface area contributed by atoms with Gasteiger partial charge >= 0.3 is 0 Å². The molecule has 0 aromatic rings. The predicted molar refractivity (Wildman–Crippen MR) is 70.8 cm³/mol. The lowest BCUT2D eigenvalue weighted by atomic mass is 9.97. The topological polar surface area (TPSA) is 56.1 Å². The van der Waals surface area contributed by atoms with Crippen LogP contribution >= 0.6 is 11.8 Å². The Morgan fingerprint density at radius 2 is 2.18 bits per heavy atom. The number of amides is 1. The molecule has 0 radical (unpaired) electrons. The van der Waals surface area contributed by atoms with Crippen LogP contribution in [0.3, 0.4) is 0 Å². The van der Waals surface area contributed by atoms with Gasteiger partial charge in [0.25, 0.3) is 0 Å². The van der Waals surface area contributed by atoms with Crippen LogP contribution in [-0.4, -0.2) is 48.0 Å². The van der Waals surface area contributed by atoms with E-state index in [0.717, 1.165) is 38.9 Å². The second-order valence-corrected chi connectivity index (χ2v) is 5.63. The molecule has 1 aliphatic rings. The molecule has 0 spiro atoms. The van der Waals surface area contributed by atoms with Crippen molar-refractivity contribution in [2.45, 2.75) is 30.9 Å². The molecule has 4 nitrogen and oxygen atoms in total. The summed E-state index contributed by atoms with van der Waals surface area (Å²) in [7, 11) is 0. The third kappa shape index (κ3) is 4.21. The summed E-state index contributed by atoms with van der Waals surface area (Å²) in [4.78, 5) is 13.7. The number of hydrogen-bond donors (Lipinski definition) is 1. The molecule has 96 valence electrons. The molecule has 1 saturated heterocycles. The molecule has 1 amide bonds. The van der Waals surface area contributed by atoms with Crippen LogP contribution in [0.1, 0.15) is 26.2 Å². The minimum absolute atomic E-state index is 0.0976. The molecule has 1 fully saturated rings. The van der Waals surface area contributed by atoms with Crippen molar-refractivity contribution in [1.82, 2.24) is 10.2 Å². The zero-order valence-corrected chi connectivity index (χ0v) is 11.5. The number of thioether (sulfide) groups is 1. The fourth-order valence-electron chi connectivity index (χ4n) is 1.96. The van der Waals surface area contributed by atoms with Crippen molar-refractivity contribution < 1.29 is 4.79 Å². The van der Waals surface area contributed by atoms with Crippen molar-refractivity contribution in [3.05, 3.63) is 0 Å². The minimum atomic E-state index is -0.226. The quantitative estimate of drug-likeness (QED) is 0.803. The number of carbonyl (C=O) groups excluding carboxylic acids is 1. The zero-order valence-electron chi connectivity index (χ0n) is 10.7. The second-order valence-electron chi connectivity index (χ2n) is 4.44. The van der Waals surface area contributed by atoms with Crippen molar-refractivity contribution in [2.75, 3.05) is 32.4 Å². The Balaban J connectivity index is 2.32. The maximum absolute atomic E-state index is 11.5. The Morgan fingerprint density at radius 1 is 1.53 bits per heavy atom. The predicted octanol–water partition coefficient (Wildman–Crippen LogP) is 1.23. The van der Waals surface area contributed by atoms with Crippen molar-refractivity contribution in [3.63, 3.8) is 0 Å². The highest BCUT2D eigenvalue weighted by Crippen LogP contribution is 2.33. The average Bonchev–Trinajstić information content (AvgIpc) is 2.38. The Bertz CT molecular complexity index is 293. The van der Waals surface area contributed by atoms with E-state index in [1.54, 1.807) is 11.8 Å². The lowest BCUT2D eigenvalue weighted by Gasteiger charge is -2.35. The zero-order chi connectivity index (χ0) is 12.7. The fraction of sp³-hybridized carbons (Fsp3) is 0.833. The highest BCUT2D eigenvalue weighted by molar-refractivity contribution is 8.00. The van der Waals surface area contributed by atoms with Gasteiger partial charge in [0.05, 0.1) is 12.6 Å². The van der Waals surface area contributed by atoms with Crippen molar-refractivity contribution in [2.24, 2.45) is 0 Å². The lowest BCUT2D eigenvalue weighted by Crippen LogP contribution is -2.45. The molecular formula is C12H21N3OS. The van der Waals surface area contributed by atoms with Crippen LogP contribution in [0.5, 0.6) is 0 Å². The number of rotatable bonds is 5. The van der Waals surface area contributed by atoms with Crippen LogP contribution in [0.2, 0.25) is 0 Å². The van der Waals surface area contributed by atoms with Gasteiger partial charge in [0.2, 0.25) is 5.91 Å². The Morgan fingerprint density at radius 3 is 2.65 bits per heavy atom. The molecule has 5 heteroatoms. The number of nitrogens with one attached hydrogen (secondary N) is 1. The first-order valence-corrected chi connectivity index (χ1v) is 7.33. The molecule has 0 aromatic heterocycles. The van der Waals surface area contributed by atoms with E-state index >= 15 is 0 Å². The average molecular weight is 255 g/mol. The molecule has 0 aromatic carbocycles. The Kier molecular flexibility index (Phi) is 5.79. The monoisotopic (exact) mass is 255 g/mol. The maximum atomic E-state index is 11.5. The number of nitriles is 1. The number of hydrogen-bond acceptors (Lipinski definition) is 4. The van der Waals surface area contributed by atoms with E-state index in [4.69, 9.17) is 5.26 Å². The van der Waals surface area contributed by atoms with E-state index in [0.29, 0.717) is 6.54 Å². The summed E-state index contributed by atoms with van der Waals surface area (Å²) in [6.07, 6.45) is 4.67. The summed E-state index contributed by atoms with van der Waals surface area (Å²) >= 11 is 1.64. The van der Waals surface area contributed by atoms with Crippen LogP contribution in [0.25, 0.3) is 0 Å². The molecular weight excluding hydrogens is 234 g/mol. The van der Waals surface area contributed by atoms with E-state index in [9.17, 15) is 4.79 Å². The van der Waals surface area contributed by atoms with E-state index < -0.39 is 0 Å². The third-order valence-corrected chi connectivity index (χ3v) is 4.48. The van der Waals surface area contributed by atoms with E-state index in [1.165, 1.54) is 0 Å². The minimum Gasteiger partial charge on any atom is -0.355 e. The number of likely N-dealkylation sites (tertiary alicyclic amines) is 1. The van der Waals surface area contributed by atoms with E-state index in [2.05, 4.69) is 16.3 Å². The van der Waals surface area contributed by atoms with Gasteiger partial charge in [0.1, 0.15) is 4.75 Å². The first-order valence-electron chi connectivity index (χ1n) is 6.11. The highest BCUT2D eigenvalue weighted by Gasteiger charge is 2.34. The molecule has 1 rings (SSSR count). The van der Waals surface area contributed by atoms with Gasteiger partial charge < -0.3 is 5.32 Å². The maximum Gasteiger partial charge on any atom is 0.234 e. The van der Waals surface area contributed by atoms with Gasteiger partial charge in [-0.05, 0) is 25.5 Å². The van der Waals surface area contributed by atoms with Gasteiger partial charge in [-0.15, -0.1) is 11.8 Å². The molecule has 0 unspecified atom stereocenters. The van der Waals surface area contributed by atoms with Crippen molar-refractivity contribution >= 4 is 17.7 Å². The largest absolute Gasteiger partial charge is 0.355 e. The van der Waals surface area contributed by atoms with Crippen LogP contribution < -0.4 is 5.32 Å². The Labute approximate surface area is 108 Å². The van der Waals surface area contributed by atoms with Gasteiger partial charge in [-0.1, -0.05) is 6.92 Å². The van der Waals surface area contributed by atoms with Crippen LogP contribution in [0, 0.1) is 11.3 Å². The van der Waals surface area contributed by atoms with E-state index in [1.807, 2.05) is 13.2 Å². The SMILES string of the molecule is CCCNC(=O)CN1CCC(C#N)(SC)CC1. The van der Waals surface area contributed by atoms with Crippen molar-refractivity contribution in [1.29, 1.82) is 5.26 Å². The van der Waals surface area contributed by atoms with Gasteiger partial charge in [0.15, 0.2) is 0 Å². The summed E-state index contributed by atoms with van der Waals surface area (Å²) in [5, 5.41) is 12.0. The summed E-state index contributed by atoms with van der Waals surface area (Å²) in [5.74, 6) is 0.0976. The number of piperidine rings is 1. The molecule has 1 heterocycles. The van der Waals surface area contributed by atoms with Crippen LogP contribution in [0.15, 0.2) is 0 Å². The number of nitrogens with zero attached hydrogens (tertiary/aromatic N) is 2. The van der Waals surface area contributed by atoms with Crippen LogP contribution in [0.4, 0.5) is 0 Å². The number of carbonyl (C=O) groups is 1. The summed E-state index contributed by atoms with van der Waals surface area (Å²) in [6, 6.07) is 2.41. The Hall–Kier alpha value is -0.730. The molecule has 0 saturated carbocycles. The van der Waals surface area contributed by atoms with Crippen LogP contribution in [-0.2, 0) is 4.79 Å². The normalized spacial score (nSPS) is 19.6. The van der Waals surface area contributed by atoms with Gasteiger partial charge in [-0.3, -0.25) is 9.69 Å². The highest BCUT2D eigenvalue weighted by atomic mass is 32.2. The second kappa shape index (κ2) is 6.87. The summed E-state index contributed by atoms with van der Waals surface area (Å²) in [6.45, 7) is 4.94. The van der Waals surface area contributed by atoms with E-state index in [-0.39, 0.29) is 10.7 Å².